The van der Waals surface area contributed by atoms with Crippen LogP contribution >= 0.6 is 56.7 Å². The third kappa shape index (κ3) is 19.9. The normalized spacial score (nSPS) is 12.3. The molecule has 5 heterocycles. The second-order valence-electron chi connectivity index (χ2n) is 35.9. The maximum Gasteiger partial charge on any atom is 0.0462 e. The summed E-state index contributed by atoms with van der Waals surface area (Å²) in [7, 11) is 0. The number of anilines is 9. The van der Waals surface area contributed by atoms with E-state index in [-0.39, 0.29) is 16.2 Å². The van der Waals surface area contributed by atoms with Gasteiger partial charge in [-0.15, -0.1) is 56.7 Å². The van der Waals surface area contributed by atoms with Crippen LogP contribution in [0.5, 0.6) is 0 Å². The van der Waals surface area contributed by atoms with E-state index in [1.54, 1.807) is 22.5 Å². The number of unbranched alkanes of at least 4 members (excludes halogenated alkanes) is 10. The fourth-order valence-corrected chi connectivity index (χ4v) is 22.6. The van der Waals surface area contributed by atoms with Gasteiger partial charge in [-0.3, -0.25) is 0 Å². The van der Waals surface area contributed by atoms with Crippen molar-refractivity contribution in [2.45, 2.75) is 189 Å². The van der Waals surface area contributed by atoms with Crippen molar-refractivity contribution in [3.8, 4) is 82.8 Å². The molecule has 1 aliphatic rings. The monoisotopic (exact) mass is 1700 g/mol. The van der Waals surface area contributed by atoms with Crippen molar-refractivity contribution >= 4 is 108 Å². The summed E-state index contributed by atoms with van der Waals surface area (Å²) in [5.74, 6) is 0. The summed E-state index contributed by atoms with van der Waals surface area (Å²) in [5.41, 5.74) is 30.7. The second-order valence-corrected chi connectivity index (χ2v) is 41.1. The molecule has 0 fully saturated rings. The molecular formula is C115H117N3S5. The third-order valence-corrected chi connectivity index (χ3v) is 30.6. The van der Waals surface area contributed by atoms with E-state index in [9.17, 15) is 0 Å². The maximum atomic E-state index is 2.62. The van der Waals surface area contributed by atoms with E-state index in [1.165, 1.54) is 212 Å². The van der Waals surface area contributed by atoms with Crippen LogP contribution in [-0.2, 0) is 16.2 Å². The molecule has 8 heteroatoms. The molecule has 11 aromatic carbocycles. The Morgan fingerprint density at radius 2 is 0.512 bits per heavy atom. The Balaban J connectivity index is 0.000000183. The van der Waals surface area contributed by atoms with Crippen LogP contribution in [0.3, 0.4) is 0 Å². The van der Waals surface area contributed by atoms with E-state index < -0.39 is 0 Å². The molecule has 0 saturated heterocycles. The van der Waals surface area contributed by atoms with Gasteiger partial charge in [-0.05, 0) is 288 Å². The summed E-state index contributed by atoms with van der Waals surface area (Å²) >= 11 is 9.37. The molecule has 0 aliphatic heterocycles. The van der Waals surface area contributed by atoms with Gasteiger partial charge in [-0.25, -0.2) is 0 Å². The lowest BCUT2D eigenvalue weighted by Gasteiger charge is -2.33. The lowest BCUT2D eigenvalue weighted by molar-refractivity contribution is 0.398. The molecule has 0 N–H and O–H groups in total. The molecule has 0 spiro atoms. The minimum atomic E-state index is 0.0918. The summed E-state index contributed by atoms with van der Waals surface area (Å²) < 4.78 is 0. The second kappa shape index (κ2) is 38.6. The molecule has 0 radical (unpaired) electrons. The van der Waals surface area contributed by atoms with E-state index in [0.29, 0.717) is 0 Å². The van der Waals surface area contributed by atoms with Gasteiger partial charge in [-0.1, -0.05) is 300 Å². The summed E-state index contributed by atoms with van der Waals surface area (Å²) in [5, 5.41) is 2.14. The van der Waals surface area contributed by atoms with Crippen LogP contribution in [0.2, 0.25) is 0 Å². The first-order valence-electron chi connectivity index (χ1n) is 44.7. The van der Waals surface area contributed by atoms with Gasteiger partial charge in [0.1, 0.15) is 0 Å². The average molecular weight is 1700 g/mol. The number of thiophene rings is 5. The lowest BCUT2D eigenvalue weighted by atomic mass is 9.70. The van der Waals surface area contributed by atoms with E-state index in [0.717, 1.165) is 45.5 Å². The predicted molar refractivity (Wildman–Crippen MR) is 543 cm³/mol. The van der Waals surface area contributed by atoms with Crippen molar-refractivity contribution in [1.29, 1.82) is 0 Å². The molecule has 0 atom stereocenters. The molecular weight excluding hydrogens is 1580 g/mol. The van der Waals surface area contributed by atoms with E-state index in [4.69, 9.17) is 0 Å². The number of benzene rings is 11. The first kappa shape index (κ1) is 85.9. The van der Waals surface area contributed by atoms with Gasteiger partial charge in [0.25, 0.3) is 0 Å². The van der Waals surface area contributed by atoms with Crippen LogP contribution in [-0.4, -0.2) is 0 Å². The van der Waals surface area contributed by atoms with Crippen LogP contribution in [0.1, 0.15) is 190 Å². The molecule has 1 aliphatic carbocycles. The van der Waals surface area contributed by atoms with Gasteiger partial charge >= 0.3 is 0 Å². The minimum Gasteiger partial charge on any atom is -0.311 e. The van der Waals surface area contributed by atoms with E-state index >= 15 is 0 Å². The number of hydrogen-bond acceptors (Lipinski definition) is 8. The van der Waals surface area contributed by atoms with Crippen LogP contribution in [0.15, 0.2) is 321 Å². The van der Waals surface area contributed by atoms with Crippen molar-refractivity contribution in [1.82, 2.24) is 0 Å². The molecule has 0 amide bonds. The van der Waals surface area contributed by atoms with Crippen molar-refractivity contribution in [2.24, 2.45) is 0 Å². The highest BCUT2D eigenvalue weighted by Crippen LogP contribution is 2.57. The van der Waals surface area contributed by atoms with Crippen molar-refractivity contribution in [3.63, 3.8) is 0 Å². The topological polar surface area (TPSA) is 9.72 Å². The van der Waals surface area contributed by atoms with E-state index in [2.05, 4.69) is 419 Å². The highest BCUT2D eigenvalue weighted by atomic mass is 32.1. The molecule has 3 nitrogen and oxygen atoms in total. The SMILES string of the molecule is CCCCCCCCC1(CCCCCCCC)c2cc(C)ccc2-c2ccc(-c3ccc(-c4ccc(-c5ccc(N(c6ccc(C)cc6)c6ccc(C(C)(C)C)cc6)cc5)s4)s3)cc21.Cc1ccc(N(c2ccc(-c3ccc(N(c4ccc(C)cc4)c4ccc(C(C)(C)C)cc4)cc3)cc2)c2ccc(-c3ccc(-c4ccc(-c5cccs5)s4)s3)cc2)cc1. The molecule has 0 unspecified atom stereocenters. The van der Waals surface area contributed by atoms with Gasteiger partial charge in [0.05, 0.1) is 0 Å². The highest BCUT2D eigenvalue weighted by Gasteiger charge is 2.43. The molecule has 16 aromatic rings. The Morgan fingerprint density at radius 3 is 0.854 bits per heavy atom. The third-order valence-electron chi connectivity index (χ3n) is 24.7. The van der Waals surface area contributed by atoms with Gasteiger partial charge in [0, 0.05) is 100 Å². The zero-order valence-corrected chi connectivity index (χ0v) is 78.0. The molecule has 0 bridgehead atoms. The quantitative estimate of drug-likeness (QED) is 0.0416. The number of hydrogen-bond donors (Lipinski definition) is 0. The number of nitrogens with zero attached hydrogens (tertiary/aromatic N) is 3. The molecule has 5 aromatic heterocycles. The Labute approximate surface area is 753 Å². The van der Waals surface area contributed by atoms with Crippen LogP contribution in [0.25, 0.3) is 82.8 Å². The summed E-state index contributed by atoms with van der Waals surface area (Å²) in [6, 6.07) is 118. The average Bonchev–Trinajstić information content (AvgIpc) is 1.56. The van der Waals surface area contributed by atoms with Crippen molar-refractivity contribution in [3.05, 3.63) is 365 Å². The molecule has 17 rings (SSSR count). The predicted octanol–water partition coefficient (Wildman–Crippen LogP) is 37.4. The zero-order chi connectivity index (χ0) is 85.2. The zero-order valence-electron chi connectivity index (χ0n) is 73.9. The summed E-state index contributed by atoms with van der Waals surface area (Å²) in [6.07, 6.45) is 18.6. The number of fused-ring (bicyclic) bond motifs is 3. The van der Waals surface area contributed by atoms with Crippen LogP contribution < -0.4 is 14.7 Å². The first-order valence-corrected chi connectivity index (χ1v) is 48.8. The van der Waals surface area contributed by atoms with E-state index in [1.807, 2.05) is 45.3 Å². The van der Waals surface area contributed by atoms with Gasteiger partial charge in [0.2, 0.25) is 0 Å². The van der Waals surface area contributed by atoms with Crippen LogP contribution in [0.4, 0.5) is 51.2 Å². The lowest BCUT2D eigenvalue weighted by Crippen LogP contribution is -2.25. The van der Waals surface area contributed by atoms with Gasteiger partial charge < -0.3 is 14.7 Å². The maximum absolute atomic E-state index is 2.62. The molecule has 622 valence electrons. The Hall–Kier alpha value is -10.7. The highest BCUT2D eigenvalue weighted by molar-refractivity contribution is 7.27. The Bertz CT molecular complexity index is 6090. The summed E-state index contributed by atoms with van der Waals surface area (Å²) in [6.45, 7) is 27.0. The van der Waals surface area contributed by atoms with Crippen molar-refractivity contribution in [2.75, 3.05) is 14.7 Å². The fraction of sp³-hybridized carbons (Fsp3) is 0.252. The largest absolute Gasteiger partial charge is 0.311 e. The Morgan fingerprint density at radius 1 is 0.244 bits per heavy atom. The fourth-order valence-electron chi connectivity index (χ4n) is 17.5. The molecule has 0 saturated carbocycles. The molecule has 123 heavy (non-hydrogen) atoms. The number of aryl methyl sites for hydroxylation is 4. The van der Waals surface area contributed by atoms with Crippen LogP contribution in [0, 0.1) is 27.7 Å². The Kier molecular flexibility index (Phi) is 27.0. The number of rotatable bonds is 30. The standard InChI is InChI=1S/C61H71NS2.C54H46N2S3/c1-8-10-12-14-16-18-40-61(41-19-17-15-13-11-9-2)54-42-45(4)22-34-52(54)53-35-25-47(43-55(53)61)57-37-39-59(64-57)58-38-36-56(63-58)46-23-30-50(31-24-46)62(49-28-20-44(3)21-29-49)51-32-26-48(27-33-51)60(5,6)7;1-37-8-20-43(21-9-37)55(47-28-16-41(17-29-47)49-32-33-52(58-49)53-35-34-51(59-53)50-7-6-36-57-50)45-24-12-39(13-25-45)40-14-26-46(27-15-40)56(44-22-10-38(2)11-23-44)48-30-18-42(19-31-48)54(3,4)5/h20-39,42-43H,8-19,40-41H2,1-7H3;6-36H,1-5H3. The first-order chi connectivity index (χ1) is 59.7. The summed E-state index contributed by atoms with van der Waals surface area (Å²) in [4.78, 5) is 19.0. The smallest absolute Gasteiger partial charge is 0.0462 e. The minimum absolute atomic E-state index is 0.0918. The van der Waals surface area contributed by atoms with Gasteiger partial charge in [-0.2, -0.15) is 0 Å². The van der Waals surface area contributed by atoms with Crippen molar-refractivity contribution < 1.29 is 0 Å². The van der Waals surface area contributed by atoms with Gasteiger partial charge in [0.15, 0.2) is 0 Å².